The van der Waals surface area contributed by atoms with E-state index in [1.54, 1.807) is 6.20 Å². The molecule has 1 saturated heterocycles. The second-order valence-electron chi connectivity index (χ2n) is 6.32. The lowest BCUT2D eigenvalue weighted by atomic mass is 10.1. The molecule has 2 aromatic rings. The molecule has 0 bridgehead atoms. The summed E-state index contributed by atoms with van der Waals surface area (Å²) >= 11 is 0. The van der Waals surface area contributed by atoms with Crippen molar-refractivity contribution in [3.8, 4) is 0 Å². The topological polar surface area (TPSA) is 59.4 Å². The Morgan fingerprint density at radius 2 is 2.29 bits per heavy atom. The fraction of sp³-hybridized carbons (Fsp3) is 0.444. The maximum absolute atomic E-state index is 12.3. The Morgan fingerprint density at radius 1 is 1.42 bits per heavy atom. The minimum Gasteiger partial charge on any atom is -0.374 e. The van der Waals surface area contributed by atoms with Crippen LogP contribution < -0.4 is 5.32 Å². The first-order valence-corrected chi connectivity index (χ1v) is 8.28. The van der Waals surface area contributed by atoms with Crippen LogP contribution in [-0.4, -0.2) is 52.9 Å². The SMILES string of the molecule is Cc1ccc(NC(=O)CN2CCO[C@@H](Cn3cccn3)C2)c(C)c1. The van der Waals surface area contributed by atoms with Gasteiger partial charge in [-0.2, -0.15) is 5.10 Å². The Kier molecular flexibility index (Phi) is 5.27. The van der Waals surface area contributed by atoms with E-state index in [-0.39, 0.29) is 12.0 Å². The summed E-state index contributed by atoms with van der Waals surface area (Å²) in [6.45, 7) is 7.30. The van der Waals surface area contributed by atoms with Crippen LogP contribution in [0.15, 0.2) is 36.7 Å². The van der Waals surface area contributed by atoms with Gasteiger partial charge < -0.3 is 10.1 Å². The first-order chi connectivity index (χ1) is 11.6. The van der Waals surface area contributed by atoms with E-state index in [9.17, 15) is 4.79 Å². The van der Waals surface area contributed by atoms with Crippen LogP contribution >= 0.6 is 0 Å². The summed E-state index contributed by atoms with van der Waals surface area (Å²) in [6.07, 6.45) is 3.75. The molecule has 1 N–H and O–H groups in total. The number of hydrogen-bond acceptors (Lipinski definition) is 4. The molecule has 24 heavy (non-hydrogen) atoms. The number of nitrogens with one attached hydrogen (secondary N) is 1. The highest BCUT2D eigenvalue weighted by atomic mass is 16.5. The molecule has 1 fully saturated rings. The van der Waals surface area contributed by atoms with Gasteiger partial charge in [-0.3, -0.25) is 14.4 Å². The smallest absolute Gasteiger partial charge is 0.238 e. The van der Waals surface area contributed by atoms with Crippen LogP contribution in [-0.2, 0) is 16.1 Å². The van der Waals surface area contributed by atoms with E-state index in [4.69, 9.17) is 4.74 Å². The molecule has 1 aliphatic rings. The van der Waals surface area contributed by atoms with Gasteiger partial charge in [-0.05, 0) is 31.5 Å². The zero-order valence-corrected chi connectivity index (χ0v) is 14.2. The van der Waals surface area contributed by atoms with Gasteiger partial charge in [0.1, 0.15) is 0 Å². The maximum atomic E-state index is 12.3. The Labute approximate surface area is 142 Å². The summed E-state index contributed by atoms with van der Waals surface area (Å²) < 4.78 is 7.64. The standard InChI is InChI=1S/C18H24N4O2/c1-14-4-5-17(15(2)10-14)20-18(23)13-21-8-9-24-16(11-21)12-22-7-3-6-19-22/h3-7,10,16H,8-9,11-13H2,1-2H3,(H,20,23)/t16-/m1/s1. The van der Waals surface area contributed by atoms with Crippen molar-refractivity contribution in [3.05, 3.63) is 47.8 Å². The maximum Gasteiger partial charge on any atom is 0.238 e. The summed E-state index contributed by atoms with van der Waals surface area (Å²) in [5.41, 5.74) is 3.16. The molecule has 3 rings (SSSR count). The van der Waals surface area contributed by atoms with Gasteiger partial charge in [0.15, 0.2) is 0 Å². The first-order valence-electron chi connectivity index (χ1n) is 8.28. The van der Waals surface area contributed by atoms with Crippen molar-refractivity contribution in [3.63, 3.8) is 0 Å². The van der Waals surface area contributed by atoms with Gasteiger partial charge in [0.05, 0.1) is 25.8 Å². The van der Waals surface area contributed by atoms with Crippen molar-refractivity contribution in [1.29, 1.82) is 0 Å². The Balaban J connectivity index is 1.52. The molecule has 0 aliphatic carbocycles. The van der Waals surface area contributed by atoms with Crippen molar-refractivity contribution in [2.45, 2.75) is 26.5 Å². The minimum atomic E-state index is 0.0155. The number of anilines is 1. The second kappa shape index (κ2) is 7.59. The highest BCUT2D eigenvalue weighted by Gasteiger charge is 2.22. The number of rotatable bonds is 5. The van der Waals surface area contributed by atoms with Crippen LogP contribution in [0.4, 0.5) is 5.69 Å². The highest BCUT2D eigenvalue weighted by Crippen LogP contribution is 2.16. The first kappa shape index (κ1) is 16.7. The molecule has 2 heterocycles. The quantitative estimate of drug-likeness (QED) is 0.910. The van der Waals surface area contributed by atoms with Crippen LogP contribution in [0.1, 0.15) is 11.1 Å². The van der Waals surface area contributed by atoms with E-state index in [0.717, 1.165) is 24.3 Å². The Bertz CT molecular complexity index is 684. The van der Waals surface area contributed by atoms with Crippen molar-refractivity contribution in [1.82, 2.24) is 14.7 Å². The molecular weight excluding hydrogens is 304 g/mol. The molecule has 1 amide bonds. The number of hydrogen-bond donors (Lipinski definition) is 1. The number of nitrogens with zero attached hydrogens (tertiary/aromatic N) is 3. The fourth-order valence-corrected chi connectivity index (χ4v) is 3.00. The van der Waals surface area contributed by atoms with E-state index in [0.29, 0.717) is 19.7 Å². The molecule has 0 saturated carbocycles. The number of carbonyl (C=O) groups is 1. The highest BCUT2D eigenvalue weighted by molar-refractivity contribution is 5.93. The largest absolute Gasteiger partial charge is 0.374 e. The summed E-state index contributed by atoms with van der Waals surface area (Å²) in [4.78, 5) is 14.5. The number of benzene rings is 1. The molecule has 6 heteroatoms. The number of ether oxygens (including phenoxy) is 1. The summed E-state index contributed by atoms with van der Waals surface area (Å²) in [6, 6.07) is 7.95. The third-order valence-electron chi connectivity index (χ3n) is 4.20. The summed E-state index contributed by atoms with van der Waals surface area (Å²) in [5, 5.41) is 7.21. The van der Waals surface area contributed by atoms with Gasteiger partial charge in [-0.15, -0.1) is 0 Å². The average molecular weight is 328 g/mol. The minimum absolute atomic E-state index is 0.0155. The predicted molar refractivity (Wildman–Crippen MR) is 93.0 cm³/mol. The molecule has 0 spiro atoms. The van der Waals surface area contributed by atoms with Crippen LogP contribution in [0.2, 0.25) is 0 Å². The van der Waals surface area contributed by atoms with Crippen LogP contribution in [0.25, 0.3) is 0 Å². The molecule has 0 unspecified atom stereocenters. The van der Waals surface area contributed by atoms with Gasteiger partial charge in [-0.25, -0.2) is 0 Å². The van der Waals surface area contributed by atoms with Crippen molar-refractivity contribution >= 4 is 11.6 Å². The molecule has 1 atom stereocenters. The van der Waals surface area contributed by atoms with Crippen molar-refractivity contribution in [2.75, 3.05) is 31.6 Å². The molecule has 6 nitrogen and oxygen atoms in total. The lowest BCUT2D eigenvalue weighted by Crippen LogP contribution is -2.47. The van der Waals surface area contributed by atoms with Crippen LogP contribution in [0, 0.1) is 13.8 Å². The van der Waals surface area contributed by atoms with E-state index < -0.39 is 0 Å². The summed E-state index contributed by atoms with van der Waals surface area (Å²) in [5.74, 6) is 0.0155. The number of morpholine rings is 1. The molecule has 1 aromatic carbocycles. The Morgan fingerprint density at radius 3 is 3.04 bits per heavy atom. The monoisotopic (exact) mass is 328 g/mol. The van der Waals surface area contributed by atoms with Gasteiger partial charge in [0, 0.05) is 31.2 Å². The second-order valence-corrected chi connectivity index (χ2v) is 6.32. The predicted octanol–water partition coefficient (Wildman–Crippen LogP) is 1.84. The molecule has 0 radical (unpaired) electrons. The lowest BCUT2D eigenvalue weighted by Gasteiger charge is -2.32. The molecule has 128 valence electrons. The Hall–Kier alpha value is -2.18. The number of carbonyl (C=O) groups excluding carboxylic acids is 1. The normalized spacial score (nSPS) is 18.5. The van der Waals surface area contributed by atoms with E-state index in [1.165, 1.54) is 5.56 Å². The van der Waals surface area contributed by atoms with Gasteiger partial charge >= 0.3 is 0 Å². The van der Waals surface area contributed by atoms with E-state index in [1.807, 2.05) is 42.9 Å². The number of amides is 1. The molecule has 1 aliphatic heterocycles. The van der Waals surface area contributed by atoms with Gasteiger partial charge in [0.25, 0.3) is 0 Å². The van der Waals surface area contributed by atoms with Crippen molar-refractivity contribution < 1.29 is 9.53 Å². The van der Waals surface area contributed by atoms with Crippen LogP contribution in [0.3, 0.4) is 0 Å². The zero-order chi connectivity index (χ0) is 16.9. The lowest BCUT2D eigenvalue weighted by molar-refractivity contribution is -0.119. The van der Waals surface area contributed by atoms with Crippen molar-refractivity contribution in [2.24, 2.45) is 0 Å². The number of aromatic nitrogens is 2. The third kappa shape index (κ3) is 4.43. The molecular formula is C18H24N4O2. The summed E-state index contributed by atoms with van der Waals surface area (Å²) in [7, 11) is 0. The zero-order valence-electron chi connectivity index (χ0n) is 14.2. The van der Waals surface area contributed by atoms with Crippen LogP contribution in [0.5, 0.6) is 0 Å². The third-order valence-corrected chi connectivity index (χ3v) is 4.20. The van der Waals surface area contributed by atoms with Gasteiger partial charge in [0.2, 0.25) is 5.91 Å². The molecule has 1 aromatic heterocycles. The van der Waals surface area contributed by atoms with E-state index >= 15 is 0 Å². The van der Waals surface area contributed by atoms with Gasteiger partial charge in [-0.1, -0.05) is 17.7 Å². The number of aryl methyl sites for hydroxylation is 2. The average Bonchev–Trinajstić information content (AvgIpc) is 3.03. The fourth-order valence-electron chi connectivity index (χ4n) is 3.00. The van der Waals surface area contributed by atoms with E-state index in [2.05, 4.69) is 21.4 Å².